The zero-order chi connectivity index (χ0) is 107. The fourth-order valence-electron chi connectivity index (χ4n) is 16.1. The number of aliphatic hydroxyl groups is 1. The van der Waals surface area contributed by atoms with Crippen LogP contribution in [0.2, 0.25) is 5.02 Å². The van der Waals surface area contributed by atoms with E-state index >= 15 is 0 Å². The molecule has 8 N–H and O–H groups in total. The second-order valence-electron chi connectivity index (χ2n) is 36.6. The van der Waals surface area contributed by atoms with Gasteiger partial charge in [-0.05, 0) is 234 Å². The van der Waals surface area contributed by atoms with Gasteiger partial charge in [0.05, 0.1) is 77.1 Å². The number of aromatic hydroxyl groups is 7. The van der Waals surface area contributed by atoms with E-state index in [1.54, 1.807) is 218 Å². The summed E-state index contributed by atoms with van der Waals surface area (Å²) < 4.78 is 28.2. The molecule has 16 aromatic rings. The summed E-state index contributed by atoms with van der Waals surface area (Å²) in [5.41, 5.74) is 10.5. The van der Waals surface area contributed by atoms with Gasteiger partial charge in [0, 0.05) is 74.3 Å². The van der Waals surface area contributed by atoms with E-state index in [0.717, 1.165) is 83.5 Å². The van der Waals surface area contributed by atoms with Crippen LogP contribution in [-0.2, 0) is 6.61 Å². The Morgan fingerprint density at radius 2 is 0.580 bits per heavy atom. The molecule has 1 aliphatic rings. The van der Waals surface area contributed by atoms with Crippen LogP contribution >= 0.6 is 11.6 Å². The van der Waals surface area contributed by atoms with E-state index in [2.05, 4.69) is 13.8 Å². The molecule has 1 fully saturated rings. The minimum Gasteiger partial charge on any atom is -0.507 e. The first-order chi connectivity index (χ1) is 72.4. The first-order valence-electron chi connectivity index (χ1n) is 50.5. The van der Waals surface area contributed by atoms with E-state index in [1.165, 1.54) is 69.2 Å². The first-order valence-corrected chi connectivity index (χ1v) is 50.9. The number of hydrogen-bond donors (Lipinski definition) is 8. The Labute approximate surface area is 882 Å². The van der Waals surface area contributed by atoms with Crippen LogP contribution in [0.5, 0.6) is 69.0 Å². The van der Waals surface area contributed by atoms with Crippen LogP contribution < -0.4 is 23.7 Å². The smallest absolute Gasteiger partial charge is 0.196 e. The lowest BCUT2D eigenvalue weighted by Crippen LogP contribution is -2.19. The third-order valence-electron chi connectivity index (χ3n) is 24.1. The average Bonchev–Trinajstić information content (AvgIpc) is 0.806. The van der Waals surface area contributed by atoms with Crippen LogP contribution in [-0.4, -0.2) is 113 Å². The Balaban J connectivity index is 0.000000166. The van der Waals surface area contributed by atoms with Crippen LogP contribution in [0, 0.1) is 13.8 Å². The fraction of sp³-hybridized carbons (Fsp3) is 0.217. The Morgan fingerprint density at radius 3 is 0.967 bits per heavy atom. The normalized spacial score (nSPS) is 11.3. The van der Waals surface area contributed by atoms with E-state index in [-0.39, 0.29) is 122 Å². The number of unbranched alkanes of at least 4 members (excludes halogenated alkanes) is 7. The van der Waals surface area contributed by atoms with Crippen molar-refractivity contribution >= 4 is 62.9 Å². The van der Waals surface area contributed by atoms with Crippen molar-refractivity contribution in [2.24, 2.45) is 0 Å². The highest BCUT2D eigenvalue weighted by Gasteiger charge is 2.24. The topological polar surface area (TPSA) is 327 Å². The second kappa shape index (κ2) is 58.6. The molecule has 0 bridgehead atoms. The number of halogens is 1. The molecule has 0 atom stereocenters. The molecular formula is C129H129ClO20. The Morgan fingerprint density at radius 1 is 0.287 bits per heavy atom. The summed E-state index contributed by atoms with van der Waals surface area (Å²) in [6, 6.07) is 105. The lowest BCUT2D eigenvalue weighted by Gasteiger charge is -2.23. The Bertz CT molecular complexity index is 7110. The van der Waals surface area contributed by atoms with Crippen molar-refractivity contribution in [2.45, 2.75) is 170 Å². The number of benzene rings is 16. The predicted octanol–water partition coefficient (Wildman–Crippen LogP) is 29.5. The van der Waals surface area contributed by atoms with Gasteiger partial charge in [-0.1, -0.05) is 295 Å². The van der Waals surface area contributed by atoms with Crippen LogP contribution in [0.3, 0.4) is 0 Å². The lowest BCUT2D eigenvalue weighted by molar-refractivity contribution is 0.102. The average molecular weight is 2030 g/mol. The number of fused-ring (bicyclic) bond motifs is 1. The molecule has 0 saturated heterocycles. The minimum absolute atomic E-state index is 0.00458. The van der Waals surface area contributed by atoms with Crippen LogP contribution in [0.15, 0.2) is 364 Å². The fourth-order valence-corrected chi connectivity index (χ4v) is 16.2. The van der Waals surface area contributed by atoms with Gasteiger partial charge in [-0.15, -0.1) is 0 Å². The van der Waals surface area contributed by atoms with Crippen molar-refractivity contribution in [3.63, 3.8) is 0 Å². The maximum absolute atomic E-state index is 12.6. The van der Waals surface area contributed by atoms with Crippen molar-refractivity contribution in [1.29, 1.82) is 0 Å². The molecule has 1 saturated carbocycles. The molecule has 0 unspecified atom stereocenters. The molecule has 0 amide bonds. The van der Waals surface area contributed by atoms with Crippen LogP contribution in [0.4, 0.5) is 0 Å². The second-order valence-corrected chi connectivity index (χ2v) is 37.0. The highest BCUT2D eigenvalue weighted by atomic mass is 35.5. The first kappa shape index (κ1) is 114. The number of rotatable bonds is 35. The van der Waals surface area contributed by atoms with Gasteiger partial charge in [-0.3, -0.25) is 33.6 Å². The number of carbonyl (C=O) groups is 7. The number of carbonyl (C=O) groups excluding carboxylic acids is 7. The van der Waals surface area contributed by atoms with Crippen LogP contribution in [0.25, 0.3) is 21.9 Å². The number of ketones is 7. The summed E-state index contributed by atoms with van der Waals surface area (Å²) in [6.45, 7) is 16.9. The number of ether oxygens (including phenoxy) is 5. The molecular weight excluding hydrogens is 1900 g/mol. The summed E-state index contributed by atoms with van der Waals surface area (Å²) in [4.78, 5) is 86.5. The molecule has 17 rings (SSSR count). The van der Waals surface area contributed by atoms with E-state index in [4.69, 9.17) is 40.4 Å². The van der Waals surface area contributed by atoms with E-state index in [9.17, 15) is 69.3 Å². The van der Waals surface area contributed by atoms with Gasteiger partial charge in [0.2, 0.25) is 0 Å². The predicted molar refractivity (Wildman–Crippen MR) is 592 cm³/mol. The molecule has 20 nitrogen and oxygen atoms in total. The van der Waals surface area contributed by atoms with Crippen molar-refractivity contribution in [2.75, 3.05) is 13.2 Å². The molecule has 150 heavy (non-hydrogen) atoms. The van der Waals surface area contributed by atoms with Gasteiger partial charge in [0.1, 0.15) is 69.0 Å². The van der Waals surface area contributed by atoms with Gasteiger partial charge in [0.25, 0.3) is 0 Å². The number of hydrogen-bond acceptors (Lipinski definition) is 20. The summed E-state index contributed by atoms with van der Waals surface area (Å²) in [5, 5.41) is 81.7. The van der Waals surface area contributed by atoms with Gasteiger partial charge in [-0.2, -0.15) is 0 Å². The summed E-state index contributed by atoms with van der Waals surface area (Å²) >= 11 is 5.75. The van der Waals surface area contributed by atoms with Crippen molar-refractivity contribution in [1.82, 2.24) is 0 Å². The largest absolute Gasteiger partial charge is 0.507 e. The number of phenolic OH excluding ortho intramolecular Hbond substituents is 7. The molecule has 16 aromatic carbocycles. The lowest BCUT2D eigenvalue weighted by atomic mass is 9.97. The van der Waals surface area contributed by atoms with Crippen molar-refractivity contribution in [3.8, 4) is 80.1 Å². The van der Waals surface area contributed by atoms with E-state index in [0.29, 0.717) is 108 Å². The SMILES string of the molecule is CC(C)Oc1ccc(C(=O)c2ccc(-c3ccccc3)cc2)c(O)c1.CC(C)Oc1ccc(C(=O)c2ccc3ccccc3c2)c(O)c1.CCCCCCCCOc1ccc(C(=O)c2ccccc2)c(O)c1.CCCCCOc1ccc(C(=O)c2ccccc2)c(O)c1.Cc1ccc(C(=O)c2ccc(CO)cc2)c(O)c1.Cc1ccc(C(=O)c2ccc(Cl)cc2)c(O)c1.O=C(c1ccccc1)c1ccc(OC2CCCCC2)cc1O. The maximum Gasteiger partial charge on any atom is 0.196 e. The van der Waals surface area contributed by atoms with Crippen molar-refractivity contribution < 1.29 is 98.1 Å². The quantitative estimate of drug-likeness (QED) is 0.0135. The highest BCUT2D eigenvalue weighted by Crippen LogP contribution is 2.36. The molecule has 0 spiro atoms. The minimum atomic E-state index is -0.225. The Kier molecular flexibility index (Phi) is 44.4. The third kappa shape index (κ3) is 34.8. The Hall–Kier alpha value is -16.7. The summed E-state index contributed by atoms with van der Waals surface area (Å²) in [7, 11) is 0. The van der Waals surface area contributed by atoms with Crippen LogP contribution in [0.1, 0.15) is 260 Å². The number of aliphatic hydroxyl groups excluding tert-OH is 1. The van der Waals surface area contributed by atoms with Gasteiger partial charge in [-0.25, -0.2) is 0 Å². The molecule has 0 aromatic heterocycles. The van der Waals surface area contributed by atoms with Gasteiger partial charge in [0.15, 0.2) is 40.5 Å². The number of aryl methyl sites for hydroxylation is 2. The molecule has 772 valence electrons. The monoisotopic (exact) mass is 2030 g/mol. The molecule has 0 aliphatic heterocycles. The van der Waals surface area contributed by atoms with Gasteiger partial charge < -0.3 is 64.5 Å². The van der Waals surface area contributed by atoms with Crippen molar-refractivity contribution in [3.05, 3.63) is 464 Å². The molecule has 0 radical (unpaired) electrons. The molecule has 21 heteroatoms. The zero-order valence-electron chi connectivity index (χ0n) is 85.7. The number of phenols is 7. The summed E-state index contributed by atoms with van der Waals surface area (Å²) in [5.74, 6) is 1.26. The van der Waals surface area contributed by atoms with E-state index in [1.807, 2.05) is 163 Å². The van der Waals surface area contributed by atoms with E-state index < -0.39 is 0 Å². The maximum atomic E-state index is 12.6. The van der Waals surface area contributed by atoms with Gasteiger partial charge >= 0.3 is 0 Å². The zero-order valence-corrected chi connectivity index (χ0v) is 86.5. The standard InChI is InChI=1S/C22H20O3.C21H26O3.C20H18O3.C19H20O3.C18H20O3.C15H14O3.C14H11ClO2/c1-15(2)25-19-12-13-20(21(23)14-19)22(24)18-10-8-17(9-11-18)16-6-4-3-5-7-16;1-2-3-4-5-6-10-15-24-18-13-14-19(20(22)16-18)21(23)17-11-8-7-9-12-17;1-13(2)23-17-9-10-18(19(21)12-17)20(22)16-8-7-14-5-3-4-6-15(14)11-16;20-18-13-16(22-15-9-5-2-6-10-15)11-12-17(18)19(21)14-7-3-1-4-8-14;1-2-3-7-12-21-15-10-11-16(17(19)13-15)18(20)14-8-5-4-6-9-14;1-10-2-7-13(14(17)8-10)15(18)12-5-3-11(9-16)4-6-12;1-9-2-7-12(13(16)8-9)14(17)10-3-5-11(15)6-4-10/h3-15,23H,1-2H3;7-9,11-14,16,22H,2-6,10,15H2,1H3;3-13,21H,1-2H3;1,3-4,7-8,11-13,15,20H,2,5-6,9-10H2;4-6,8-11,13,19H,2-3,7,12H2,1H3;2-8,16-17H,9H2,1H3;2-8,16H,1H3. The summed E-state index contributed by atoms with van der Waals surface area (Å²) in [6.07, 6.45) is 16.5. The highest BCUT2D eigenvalue weighted by molar-refractivity contribution is 6.30. The molecule has 1 aliphatic carbocycles. The third-order valence-corrected chi connectivity index (χ3v) is 24.4. The molecule has 0 heterocycles.